The van der Waals surface area contributed by atoms with Gasteiger partial charge in [0, 0.05) is 19.5 Å². The summed E-state index contributed by atoms with van der Waals surface area (Å²) in [6.45, 7) is 26.9. The van der Waals surface area contributed by atoms with E-state index < -0.39 is 157 Å². The van der Waals surface area contributed by atoms with Crippen LogP contribution < -0.4 is 37.3 Å². The van der Waals surface area contributed by atoms with Crippen LogP contribution in [0.1, 0.15) is 129 Å². The summed E-state index contributed by atoms with van der Waals surface area (Å²) in [5, 5.41) is 113. The summed E-state index contributed by atoms with van der Waals surface area (Å²) in [7, 11) is 2.93. The Morgan fingerprint density at radius 1 is 0.381 bits per heavy atom. The third-order valence-electron chi connectivity index (χ3n) is 24.3. The molecule has 0 aliphatic carbocycles. The van der Waals surface area contributed by atoms with Crippen molar-refractivity contribution in [2.45, 2.75) is 232 Å². The highest BCUT2D eigenvalue weighted by atomic mass is 32.2. The highest BCUT2D eigenvalue weighted by Crippen LogP contribution is 2.47. The average molecular weight is 2070 g/mol. The zero-order valence-corrected chi connectivity index (χ0v) is 89.3. The lowest BCUT2D eigenvalue weighted by molar-refractivity contribution is -0.0353. The monoisotopic (exact) mass is 2070 g/mol. The van der Waals surface area contributed by atoms with E-state index in [0.717, 1.165) is 62.9 Å². The molecule has 5 unspecified atom stereocenters. The lowest BCUT2D eigenvalue weighted by atomic mass is 10.1. The fourth-order valence-corrected chi connectivity index (χ4v) is 21.4. The number of unbranched alkanes of at least 4 members (excludes halogenated alkanes) is 1. The van der Waals surface area contributed by atoms with Crippen LogP contribution in [0.15, 0.2) is 65.2 Å². The van der Waals surface area contributed by atoms with E-state index >= 15 is 0 Å². The number of aryl methyl sites for hydroxylation is 1. The number of aliphatic hydroxyl groups is 10. The molecule has 0 bridgehead atoms. The zero-order chi connectivity index (χ0) is 102. The minimum absolute atomic E-state index is 0.0972. The third kappa shape index (κ3) is 28.4. The fraction of sp³-hybridized carbons (Fsp3) is 0.622. The van der Waals surface area contributed by atoms with E-state index in [-0.39, 0.29) is 23.7 Å². The van der Waals surface area contributed by atoms with E-state index in [1.54, 1.807) is 41.8 Å². The summed E-state index contributed by atoms with van der Waals surface area (Å²) >= 11 is 2.80. The van der Waals surface area contributed by atoms with Crippen LogP contribution in [-0.2, 0) is 30.1 Å². The minimum Gasteiger partial charge on any atom is -0.467 e. The Morgan fingerprint density at radius 3 is 0.950 bits per heavy atom. The van der Waals surface area contributed by atoms with E-state index in [1.807, 2.05) is 12.5 Å². The SMILES string of the molecule is C=P(C)(C)CCC1O[C@@H](n2cnc3c(N)nc(CCCC)nc32)[C@H](O)[C@@H]1O.C=P(C)(C)CCC1O[C@@H](n2cnc3c(N)nc(OC)nc32)[C@H](O)[C@@H]1O.C=P(C)(C)CCC1O[C@@H](n2cnc3c(N)nc(SC)nc32)[C@H](O)[C@@H]1O.C=P(C)(C)CCC1O[C@@H](n2cnc3c(NC/C=C(/C)CC)nc(OC)nc32)[C@H](O)[C@@H]1O.C=P(C)(C)CCC1O[C@@H](n2cnc3c(NC/C=C(/C)CC)nc(SC)nc32)[C@H](O)[C@@H]1O. The Hall–Kier alpha value is -7.57. The van der Waals surface area contributed by atoms with Gasteiger partial charge in [-0.3, -0.25) is 22.8 Å². The zero-order valence-electron chi connectivity index (χ0n) is 83.2. The lowest BCUT2D eigenvalue weighted by Gasteiger charge is -2.18. The van der Waals surface area contributed by atoms with Gasteiger partial charge in [0.1, 0.15) is 77.9 Å². The van der Waals surface area contributed by atoms with Gasteiger partial charge >= 0.3 is 12.0 Å². The van der Waals surface area contributed by atoms with Crippen molar-refractivity contribution < 1.29 is 84.2 Å². The number of nitrogens with one attached hydrogen (secondary N) is 2. The minimum atomic E-state index is -1.26. The molecule has 10 aromatic rings. The molecule has 0 amide bonds. The van der Waals surface area contributed by atoms with Gasteiger partial charge in [-0.25, -0.2) is 54.8 Å². The van der Waals surface area contributed by atoms with Gasteiger partial charge in [0.05, 0.1) is 76.4 Å². The van der Waals surface area contributed by atoms with Gasteiger partial charge in [-0.2, -0.15) is 19.9 Å². The summed E-state index contributed by atoms with van der Waals surface area (Å²) in [6, 6.07) is 0.279. The summed E-state index contributed by atoms with van der Waals surface area (Å²) in [5.41, 5.74) is 25.3. The standard InChI is InChI=1S/C21H34N5O4P.C21H34N5O3PS.C18H30N5O3P.C15H24N5O4P.C15H24N5O3PS/c1-7-13(2)8-10-22-18-15-19(25-21(24-18)29-3)26(12-23-15)20-17(28)16(27)14(30-20)9-11-31(4,5)6;1-7-13(2)8-10-22-18-15-19(25-21(24-18)31-6)26(12-23-15)20-17(28)16(27)14(29-20)9-11-30(3,4)5;1-5-6-7-12-21-16(19)13-17(22-12)23(10-20-13)18-15(25)14(24)11(26-18)8-9-27(2,3)4;1-23-15-18-12(16)9-13(19-15)20(7-17-9)14-11(22)10(21)8(24-14)5-6-25(2,3)4;1-24(2,3)6-5-8-10(21)11(22)14(23-8)20-7-17-9-12(16)18-15(25-4)19-13(9)20/h8,12,14,16-17,20,27-28H,4,7,9-11H2,1-3,5-6H3,(H,22,24,25);8,12,14,16-17,20,27-28H,3,7,9-11H2,1-2,4-6H3,(H,22,24,25);10-11,14-15,18,24-25H,2,5-9H2,1,3-4H3,(H2,19,21,22);7-8,10-11,14,21-22H,2,5-6H2,1,3-4H3,(H2,16,18,19);7-8,10-11,14,21-22H,1,5-6H2,2-4H3,(H2,16,18,19)/b2*13-8-;;;/t2*14?,16-,17-,20-;11?,14-,15-,18-;2*8?,10-,11-,14-/m11111/s1. The number of nitrogen functional groups attached to an aromatic ring is 3. The predicted octanol–water partition coefficient (Wildman–Crippen LogP) is 7.81. The molecule has 770 valence electrons. The summed E-state index contributed by atoms with van der Waals surface area (Å²) in [5.74, 6) is 2.60. The van der Waals surface area contributed by atoms with Crippen LogP contribution in [0.5, 0.6) is 12.0 Å². The van der Waals surface area contributed by atoms with Gasteiger partial charge < -0.3 is 112 Å². The van der Waals surface area contributed by atoms with Crippen molar-refractivity contribution in [2.75, 3.05) is 165 Å². The third-order valence-corrected chi connectivity index (χ3v) is 32.8. The van der Waals surface area contributed by atoms with E-state index in [1.165, 1.54) is 61.5 Å². The van der Waals surface area contributed by atoms with Crippen molar-refractivity contribution in [3.63, 3.8) is 0 Å². The molecule has 0 radical (unpaired) electrons. The van der Waals surface area contributed by atoms with Crippen LogP contribution in [0.4, 0.5) is 29.1 Å². The quantitative estimate of drug-likeness (QED) is 0.00779. The summed E-state index contributed by atoms with van der Waals surface area (Å²) < 4.78 is 48.5. The second-order valence-corrected chi connectivity index (χ2v) is 62.2. The van der Waals surface area contributed by atoms with Gasteiger partial charge in [-0.15, -0.1) is 65.9 Å². The molecule has 5 saturated heterocycles. The number of fused-ring (bicyclic) bond motifs is 5. The van der Waals surface area contributed by atoms with Crippen molar-refractivity contribution in [2.24, 2.45) is 0 Å². The average Bonchev–Trinajstić information content (AvgIpc) is 0.845. The van der Waals surface area contributed by atoms with Gasteiger partial charge in [-0.05, 0) is 175 Å². The van der Waals surface area contributed by atoms with Crippen molar-refractivity contribution in [1.82, 2.24) is 97.6 Å². The maximum Gasteiger partial charge on any atom is 0.320 e. The van der Waals surface area contributed by atoms with Crippen LogP contribution in [0.25, 0.3) is 55.8 Å². The maximum absolute atomic E-state index is 10.7. The van der Waals surface area contributed by atoms with Crippen molar-refractivity contribution in [3.05, 3.63) is 60.8 Å². The molecule has 42 nitrogen and oxygen atoms in total. The van der Waals surface area contributed by atoms with Crippen molar-refractivity contribution >= 4 is 174 Å². The number of hydrogen-bond donors (Lipinski definition) is 15. The molecule has 0 saturated carbocycles. The molecular weight excluding hydrogens is 1920 g/mol. The molecule has 0 aromatic carbocycles. The van der Waals surface area contributed by atoms with E-state index in [4.69, 9.17) is 50.4 Å². The van der Waals surface area contributed by atoms with Crippen LogP contribution >= 0.6 is 58.0 Å². The van der Waals surface area contributed by atoms with Crippen LogP contribution in [0.2, 0.25) is 0 Å². The molecule has 10 aromatic heterocycles. The number of imidazole rings is 5. The van der Waals surface area contributed by atoms with Crippen molar-refractivity contribution in [1.29, 1.82) is 0 Å². The molecule has 5 fully saturated rings. The number of allylic oxidation sites excluding steroid dienone is 2. The topological polar surface area (TPSA) is 587 Å². The molecule has 18 N–H and O–H groups in total. The molecule has 5 aliphatic rings. The smallest absolute Gasteiger partial charge is 0.320 e. The number of aliphatic hydroxyl groups excluding tert-OH is 10. The Balaban J connectivity index is 0.000000167. The predicted molar refractivity (Wildman–Crippen MR) is 567 cm³/mol. The molecule has 139 heavy (non-hydrogen) atoms. The first-order valence-corrected chi connectivity index (χ1v) is 64.0. The number of aromatic nitrogens is 20. The van der Waals surface area contributed by atoms with Gasteiger partial charge in [0.25, 0.3) is 0 Å². The Bertz CT molecular complexity index is 5860. The molecule has 15 heterocycles. The number of hydrogen-bond acceptors (Lipinski definition) is 39. The highest BCUT2D eigenvalue weighted by Gasteiger charge is 2.50. The second kappa shape index (κ2) is 48.0. The van der Waals surface area contributed by atoms with Crippen LogP contribution in [-0.4, -0.2) is 409 Å². The fourth-order valence-electron chi connectivity index (χ4n) is 15.9. The number of ether oxygens (including phenoxy) is 7. The van der Waals surface area contributed by atoms with Crippen molar-refractivity contribution in [3.8, 4) is 12.0 Å². The Morgan fingerprint density at radius 2 is 0.647 bits per heavy atom. The maximum atomic E-state index is 10.7. The molecule has 49 heteroatoms. The van der Waals surface area contributed by atoms with Gasteiger partial charge in [0.2, 0.25) is 0 Å². The molecular formula is C90H146N25O17P5S2. The van der Waals surface area contributed by atoms with E-state index in [9.17, 15) is 51.1 Å². The van der Waals surface area contributed by atoms with Gasteiger partial charge in [0.15, 0.2) is 115 Å². The number of thioether (sulfide) groups is 2. The molecule has 20 atom stereocenters. The number of rotatable bonds is 35. The first-order chi connectivity index (χ1) is 65.4. The van der Waals surface area contributed by atoms with Crippen LogP contribution in [0.3, 0.4) is 0 Å². The summed E-state index contributed by atoms with van der Waals surface area (Å²) in [4.78, 5) is 65.3. The Labute approximate surface area is 821 Å². The van der Waals surface area contributed by atoms with E-state index in [2.05, 4.69) is 230 Å². The highest BCUT2D eigenvalue weighted by molar-refractivity contribution is 7.98. The molecule has 0 spiro atoms. The first-order valence-electron chi connectivity index (χ1n) is 46.3. The second-order valence-electron chi connectivity index (χ2n) is 39.1. The van der Waals surface area contributed by atoms with Gasteiger partial charge in [-0.1, -0.05) is 74.0 Å². The van der Waals surface area contributed by atoms with Crippen LogP contribution in [0, 0.1) is 0 Å². The summed E-state index contributed by atoms with van der Waals surface area (Å²) in [6.07, 6.45) is 32.5. The Kier molecular flexibility index (Phi) is 38.6. The number of anilines is 5. The molecule has 5 aliphatic heterocycles. The first kappa shape index (κ1) is 112. The number of nitrogens with two attached hydrogens (primary N) is 3. The number of methoxy groups -OCH3 is 2. The van der Waals surface area contributed by atoms with E-state index in [0.29, 0.717) is 135 Å². The lowest BCUT2D eigenvalue weighted by Crippen LogP contribution is -2.31. The largest absolute Gasteiger partial charge is 0.467 e. The normalized spacial score (nSPS) is 25.9. The number of nitrogens with zero attached hydrogens (tertiary/aromatic N) is 20. The molecule has 15 rings (SSSR count).